The summed E-state index contributed by atoms with van der Waals surface area (Å²) in [6, 6.07) is 4.60. The number of hydrogen-bond acceptors (Lipinski definition) is 2. The van der Waals surface area contributed by atoms with Crippen molar-refractivity contribution in [1.29, 1.82) is 0 Å². The number of benzene rings is 1. The summed E-state index contributed by atoms with van der Waals surface area (Å²) in [5, 5.41) is 4.46. The lowest BCUT2D eigenvalue weighted by molar-refractivity contribution is 0.0956. The van der Waals surface area contributed by atoms with Gasteiger partial charge in [-0.2, -0.15) is 0 Å². The first-order valence-corrected chi connectivity index (χ1v) is 7.54. The quantitative estimate of drug-likeness (QED) is 0.900. The number of rotatable bonds is 4. The summed E-state index contributed by atoms with van der Waals surface area (Å²) >= 11 is 6.48. The average Bonchev–Trinajstić information content (AvgIpc) is 2.77. The molecule has 0 bridgehead atoms. The molecule has 0 radical (unpaired) electrons. The minimum absolute atomic E-state index is 0.286. The highest BCUT2D eigenvalue weighted by molar-refractivity contribution is 6.31. The predicted octanol–water partition coefficient (Wildman–Crippen LogP) is 4.03. The monoisotopic (exact) mass is 281 g/mol. The highest BCUT2D eigenvalue weighted by atomic mass is 35.5. The van der Waals surface area contributed by atoms with Crippen LogP contribution in [0.15, 0.2) is 12.1 Å². The lowest BCUT2D eigenvalue weighted by atomic mass is 9.87. The van der Waals surface area contributed by atoms with E-state index in [2.05, 4.69) is 45.1 Å². The smallest absolute Gasteiger partial charge is 0.0594 e. The van der Waals surface area contributed by atoms with Gasteiger partial charge in [0.25, 0.3) is 0 Å². The molecule has 3 unspecified atom stereocenters. The van der Waals surface area contributed by atoms with E-state index in [0.29, 0.717) is 12.0 Å². The number of nitrogens with one attached hydrogen (secondary N) is 1. The summed E-state index contributed by atoms with van der Waals surface area (Å²) < 4.78 is 5.72. The van der Waals surface area contributed by atoms with Crippen molar-refractivity contribution in [2.45, 2.75) is 46.3 Å². The van der Waals surface area contributed by atoms with Gasteiger partial charge >= 0.3 is 0 Å². The number of halogens is 1. The van der Waals surface area contributed by atoms with Gasteiger partial charge in [-0.15, -0.1) is 0 Å². The van der Waals surface area contributed by atoms with Crippen LogP contribution in [-0.2, 0) is 4.74 Å². The van der Waals surface area contributed by atoms with E-state index in [0.717, 1.165) is 24.6 Å². The summed E-state index contributed by atoms with van der Waals surface area (Å²) in [5.41, 5.74) is 3.77. The maximum absolute atomic E-state index is 6.48. The molecule has 1 aliphatic rings. The van der Waals surface area contributed by atoms with E-state index in [9.17, 15) is 0 Å². The van der Waals surface area contributed by atoms with Gasteiger partial charge in [0.15, 0.2) is 0 Å². The Morgan fingerprint density at radius 1 is 1.37 bits per heavy atom. The molecule has 3 heteroatoms. The largest absolute Gasteiger partial charge is 0.378 e. The van der Waals surface area contributed by atoms with E-state index in [1.54, 1.807) is 0 Å². The molecule has 0 saturated carbocycles. The molecule has 3 atom stereocenters. The van der Waals surface area contributed by atoms with Crippen molar-refractivity contribution in [3.8, 4) is 0 Å². The Morgan fingerprint density at radius 3 is 2.63 bits per heavy atom. The Bertz CT molecular complexity index is 447. The molecule has 0 aromatic heterocycles. The van der Waals surface area contributed by atoms with Gasteiger partial charge in [0.2, 0.25) is 0 Å². The van der Waals surface area contributed by atoms with Crippen LogP contribution >= 0.6 is 11.6 Å². The zero-order valence-electron chi connectivity index (χ0n) is 12.3. The highest BCUT2D eigenvalue weighted by Crippen LogP contribution is 2.37. The summed E-state index contributed by atoms with van der Waals surface area (Å²) in [6.07, 6.45) is 1.39. The lowest BCUT2D eigenvalue weighted by Gasteiger charge is -2.28. The Hall–Kier alpha value is -0.570. The van der Waals surface area contributed by atoms with E-state index < -0.39 is 0 Å². The van der Waals surface area contributed by atoms with Crippen LogP contribution in [0.1, 0.15) is 43.0 Å². The Labute approximate surface area is 121 Å². The molecular formula is C16H24ClNO. The molecule has 19 heavy (non-hydrogen) atoms. The first-order chi connectivity index (χ1) is 9.04. The minimum atomic E-state index is 0.286. The zero-order valence-corrected chi connectivity index (χ0v) is 13.1. The van der Waals surface area contributed by atoms with Crippen LogP contribution < -0.4 is 5.32 Å². The van der Waals surface area contributed by atoms with Crippen molar-refractivity contribution in [1.82, 2.24) is 5.32 Å². The normalized spacial score (nSPS) is 24.7. The predicted molar refractivity (Wildman–Crippen MR) is 80.9 cm³/mol. The van der Waals surface area contributed by atoms with Crippen molar-refractivity contribution >= 4 is 11.6 Å². The van der Waals surface area contributed by atoms with Gasteiger partial charge in [-0.05, 0) is 56.5 Å². The second-order valence-corrected chi connectivity index (χ2v) is 5.93. The number of ether oxygens (including phenoxy) is 1. The molecule has 1 aliphatic heterocycles. The zero-order chi connectivity index (χ0) is 14.0. The molecule has 1 fully saturated rings. The molecule has 1 N–H and O–H groups in total. The van der Waals surface area contributed by atoms with Crippen molar-refractivity contribution in [2.75, 3.05) is 13.2 Å². The molecule has 0 spiro atoms. The number of aryl methyl sites for hydroxylation is 2. The van der Waals surface area contributed by atoms with Gasteiger partial charge in [0.1, 0.15) is 0 Å². The maximum Gasteiger partial charge on any atom is 0.0594 e. The third-order valence-corrected chi connectivity index (χ3v) is 4.56. The molecule has 1 aromatic carbocycles. The topological polar surface area (TPSA) is 21.3 Å². The van der Waals surface area contributed by atoms with Gasteiger partial charge in [0.05, 0.1) is 6.10 Å². The van der Waals surface area contributed by atoms with Crippen LogP contribution in [0.4, 0.5) is 0 Å². The second-order valence-electron chi connectivity index (χ2n) is 5.52. The molecule has 0 aliphatic carbocycles. The third kappa shape index (κ3) is 3.13. The first-order valence-electron chi connectivity index (χ1n) is 7.16. The molecular weight excluding hydrogens is 258 g/mol. The molecule has 0 amide bonds. The van der Waals surface area contributed by atoms with Crippen LogP contribution in [0.2, 0.25) is 5.02 Å². The fraction of sp³-hybridized carbons (Fsp3) is 0.625. The third-order valence-electron chi connectivity index (χ3n) is 4.24. The maximum atomic E-state index is 6.48. The van der Waals surface area contributed by atoms with Crippen molar-refractivity contribution < 1.29 is 4.74 Å². The minimum Gasteiger partial charge on any atom is -0.378 e. The summed E-state index contributed by atoms with van der Waals surface area (Å²) in [7, 11) is 0. The highest BCUT2D eigenvalue weighted by Gasteiger charge is 2.33. The summed E-state index contributed by atoms with van der Waals surface area (Å²) in [5.74, 6) is 0.500. The molecule has 1 heterocycles. The summed E-state index contributed by atoms with van der Waals surface area (Å²) in [4.78, 5) is 0. The Kier molecular flexibility index (Phi) is 4.88. The van der Waals surface area contributed by atoms with Gasteiger partial charge in [0, 0.05) is 23.6 Å². The lowest BCUT2D eigenvalue weighted by Crippen LogP contribution is -2.32. The van der Waals surface area contributed by atoms with Gasteiger partial charge in [-0.3, -0.25) is 0 Å². The molecule has 1 aromatic rings. The van der Waals surface area contributed by atoms with E-state index in [4.69, 9.17) is 16.3 Å². The van der Waals surface area contributed by atoms with Crippen molar-refractivity contribution in [3.63, 3.8) is 0 Å². The van der Waals surface area contributed by atoms with Gasteiger partial charge in [-0.1, -0.05) is 24.6 Å². The van der Waals surface area contributed by atoms with Crippen molar-refractivity contribution in [3.05, 3.63) is 33.8 Å². The standard InChI is InChI=1S/C16H24ClNO/c1-5-18-16(13-6-7-19-12(13)4)14-8-10(2)11(3)9-15(14)17/h8-9,12-13,16,18H,5-7H2,1-4H3. The molecule has 1 saturated heterocycles. The average molecular weight is 282 g/mol. The van der Waals surface area contributed by atoms with E-state index in [-0.39, 0.29) is 6.04 Å². The molecule has 2 nitrogen and oxygen atoms in total. The van der Waals surface area contributed by atoms with Crippen molar-refractivity contribution in [2.24, 2.45) is 5.92 Å². The van der Waals surface area contributed by atoms with Crippen LogP contribution in [-0.4, -0.2) is 19.3 Å². The van der Waals surface area contributed by atoms with Crippen LogP contribution in [0.5, 0.6) is 0 Å². The molecule has 106 valence electrons. The Balaban J connectivity index is 2.35. The van der Waals surface area contributed by atoms with Crippen LogP contribution in [0.25, 0.3) is 0 Å². The SMILES string of the molecule is CCNC(c1cc(C)c(C)cc1Cl)C1CCOC1C. The van der Waals surface area contributed by atoms with E-state index in [1.165, 1.54) is 16.7 Å². The fourth-order valence-corrected chi connectivity index (χ4v) is 3.28. The van der Waals surface area contributed by atoms with Gasteiger partial charge < -0.3 is 10.1 Å². The fourth-order valence-electron chi connectivity index (χ4n) is 2.94. The van der Waals surface area contributed by atoms with Crippen LogP contribution in [0, 0.1) is 19.8 Å². The number of hydrogen-bond donors (Lipinski definition) is 1. The van der Waals surface area contributed by atoms with Crippen LogP contribution in [0.3, 0.4) is 0 Å². The van der Waals surface area contributed by atoms with E-state index in [1.807, 2.05) is 0 Å². The van der Waals surface area contributed by atoms with E-state index >= 15 is 0 Å². The Morgan fingerprint density at radius 2 is 2.05 bits per heavy atom. The second kappa shape index (κ2) is 6.25. The van der Waals surface area contributed by atoms with Gasteiger partial charge in [-0.25, -0.2) is 0 Å². The molecule has 2 rings (SSSR count). The first kappa shape index (κ1) is 14.8. The summed E-state index contributed by atoms with van der Waals surface area (Å²) in [6.45, 7) is 10.4.